The van der Waals surface area contributed by atoms with Gasteiger partial charge in [-0.25, -0.2) is 0 Å². The summed E-state index contributed by atoms with van der Waals surface area (Å²) in [7, 11) is 0. The molecule has 120 valence electrons. The lowest BCUT2D eigenvalue weighted by atomic mass is 9.99. The Morgan fingerprint density at radius 1 is 1.45 bits per heavy atom. The zero-order chi connectivity index (χ0) is 16.3. The average molecular weight is 324 g/mol. The third-order valence-corrected chi connectivity index (χ3v) is 4.47. The van der Waals surface area contributed by atoms with Gasteiger partial charge in [-0.3, -0.25) is 9.59 Å². The maximum absolute atomic E-state index is 12.4. The molecule has 6 heteroatoms. The number of benzene rings is 1. The molecule has 1 heterocycles. The summed E-state index contributed by atoms with van der Waals surface area (Å²) in [4.78, 5) is 26.2. The summed E-state index contributed by atoms with van der Waals surface area (Å²) in [5, 5.41) is 3.40. The Morgan fingerprint density at radius 2 is 2.09 bits per heavy atom. The van der Waals surface area contributed by atoms with Crippen LogP contribution in [0.5, 0.6) is 0 Å². The topological polar surface area (TPSA) is 75.4 Å². The Labute approximate surface area is 135 Å². The molecule has 1 aromatic rings. The highest BCUT2D eigenvalue weighted by molar-refractivity contribution is 6.30. The lowest BCUT2D eigenvalue weighted by Crippen LogP contribution is -2.50. The van der Waals surface area contributed by atoms with E-state index in [9.17, 15) is 9.59 Å². The van der Waals surface area contributed by atoms with Crippen molar-refractivity contribution in [2.75, 3.05) is 11.4 Å². The van der Waals surface area contributed by atoms with E-state index in [1.54, 1.807) is 29.2 Å². The summed E-state index contributed by atoms with van der Waals surface area (Å²) < 4.78 is 0. The first-order valence-corrected chi connectivity index (χ1v) is 7.94. The van der Waals surface area contributed by atoms with Gasteiger partial charge in [0.15, 0.2) is 0 Å². The summed E-state index contributed by atoms with van der Waals surface area (Å²) in [5.74, 6) is -0.276. The minimum absolute atomic E-state index is 0.0869. The second kappa shape index (κ2) is 7.11. The monoisotopic (exact) mass is 323 g/mol. The molecule has 0 bridgehead atoms. The first-order valence-electron chi connectivity index (χ1n) is 7.57. The summed E-state index contributed by atoms with van der Waals surface area (Å²) in [6.07, 6.45) is 1.41. The van der Waals surface area contributed by atoms with Crippen molar-refractivity contribution >= 4 is 29.1 Å². The van der Waals surface area contributed by atoms with Gasteiger partial charge in [-0.2, -0.15) is 0 Å². The molecule has 3 atom stereocenters. The zero-order valence-electron chi connectivity index (χ0n) is 12.9. The Bertz CT molecular complexity index is 547. The molecule has 0 spiro atoms. The normalized spacial score (nSPS) is 20.8. The molecule has 3 unspecified atom stereocenters. The quantitative estimate of drug-likeness (QED) is 0.869. The van der Waals surface area contributed by atoms with Gasteiger partial charge < -0.3 is 16.0 Å². The maximum Gasteiger partial charge on any atom is 0.249 e. The molecule has 0 aliphatic carbocycles. The highest BCUT2D eigenvalue weighted by Crippen LogP contribution is 2.23. The second-order valence-electron chi connectivity index (χ2n) is 5.73. The van der Waals surface area contributed by atoms with E-state index < -0.39 is 12.1 Å². The number of halogens is 1. The van der Waals surface area contributed by atoms with Crippen LogP contribution in [0.25, 0.3) is 0 Å². The predicted molar refractivity (Wildman–Crippen MR) is 87.8 cm³/mol. The highest BCUT2D eigenvalue weighted by atomic mass is 35.5. The minimum atomic E-state index is -0.581. The number of rotatable bonds is 5. The highest BCUT2D eigenvalue weighted by Gasteiger charge is 2.34. The summed E-state index contributed by atoms with van der Waals surface area (Å²) in [5.41, 5.74) is 6.69. The number of nitrogens with two attached hydrogens (primary N) is 1. The van der Waals surface area contributed by atoms with Gasteiger partial charge in [-0.1, -0.05) is 31.9 Å². The number of nitrogens with one attached hydrogen (secondary N) is 1. The Kier molecular flexibility index (Phi) is 5.42. The van der Waals surface area contributed by atoms with Gasteiger partial charge in [0.05, 0.1) is 6.04 Å². The fourth-order valence-electron chi connectivity index (χ4n) is 2.47. The van der Waals surface area contributed by atoms with Crippen LogP contribution in [0.3, 0.4) is 0 Å². The van der Waals surface area contributed by atoms with Crippen molar-refractivity contribution in [3.05, 3.63) is 29.3 Å². The molecule has 2 amide bonds. The van der Waals surface area contributed by atoms with Gasteiger partial charge >= 0.3 is 0 Å². The predicted octanol–water partition coefficient (Wildman–Crippen LogP) is 1.93. The summed E-state index contributed by atoms with van der Waals surface area (Å²) in [6.45, 7) is 4.49. The summed E-state index contributed by atoms with van der Waals surface area (Å²) in [6, 6.07) is 6.01. The van der Waals surface area contributed by atoms with Gasteiger partial charge in [0.25, 0.3) is 0 Å². The van der Waals surface area contributed by atoms with E-state index in [1.807, 2.05) is 13.8 Å². The van der Waals surface area contributed by atoms with Crippen LogP contribution < -0.4 is 16.0 Å². The molecule has 2 rings (SSSR count). The maximum atomic E-state index is 12.4. The van der Waals surface area contributed by atoms with Crippen LogP contribution in [0.1, 0.15) is 26.7 Å². The van der Waals surface area contributed by atoms with Crippen molar-refractivity contribution in [1.82, 2.24) is 5.32 Å². The lowest BCUT2D eigenvalue weighted by Gasteiger charge is -2.21. The molecule has 0 aromatic heterocycles. The molecular weight excluding hydrogens is 302 g/mol. The molecular formula is C16H22ClN3O2. The molecule has 5 nitrogen and oxygen atoms in total. The number of hydrogen-bond donors (Lipinski definition) is 2. The molecule has 3 N–H and O–H groups in total. The average Bonchev–Trinajstić information content (AvgIpc) is 2.87. The van der Waals surface area contributed by atoms with Crippen molar-refractivity contribution in [2.45, 2.75) is 38.8 Å². The Morgan fingerprint density at radius 3 is 2.68 bits per heavy atom. The molecule has 0 radical (unpaired) electrons. The van der Waals surface area contributed by atoms with Crippen LogP contribution in [-0.4, -0.2) is 30.4 Å². The largest absolute Gasteiger partial charge is 0.343 e. The van der Waals surface area contributed by atoms with Crippen LogP contribution in [-0.2, 0) is 9.59 Å². The molecule has 0 saturated carbocycles. The van der Waals surface area contributed by atoms with Crippen LogP contribution >= 0.6 is 11.6 Å². The molecule has 1 aromatic carbocycles. The van der Waals surface area contributed by atoms with Gasteiger partial charge in [0.2, 0.25) is 11.8 Å². The molecule has 1 fully saturated rings. The lowest BCUT2D eigenvalue weighted by molar-refractivity contribution is -0.128. The smallest absolute Gasteiger partial charge is 0.249 e. The van der Waals surface area contributed by atoms with Crippen molar-refractivity contribution < 1.29 is 9.59 Å². The van der Waals surface area contributed by atoms with E-state index in [0.29, 0.717) is 18.0 Å². The standard InChI is InChI=1S/C16H22ClN3O2/c1-3-10(2)14(18)15(21)19-13-8-9-20(16(13)22)12-6-4-11(17)5-7-12/h4-7,10,13-14H,3,8-9,18H2,1-2H3,(H,19,21). The van der Waals surface area contributed by atoms with Crippen molar-refractivity contribution in [3.8, 4) is 0 Å². The minimum Gasteiger partial charge on any atom is -0.343 e. The van der Waals surface area contributed by atoms with Gasteiger partial charge in [-0.05, 0) is 36.6 Å². The SMILES string of the molecule is CCC(C)C(N)C(=O)NC1CCN(c2ccc(Cl)cc2)C1=O. The van der Waals surface area contributed by atoms with Crippen LogP contribution in [0.2, 0.25) is 5.02 Å². The van der Waals surface area contributed by atoms with E-state index in [2.05, 4.69) is 5.32 Å². The molecule has 1 saturated heterocycles. The third kappa shape index (κ3) is 3.59. The van der Waals surface area contributed by atoms with E-state index in [0.717, 1.165) is 12.1 Å². The van der Waals surface area contributed by atoms with Crippen LogP contribution in [0.4, 0.5) is 5.69 Å². The number of carbonyl (C=O) groups excluding carboxylic acids is 2. The van der Waals surface area contributed by atoms with Crippen molar-refractivity contribution in [1.29, 1.82) is 0 Å². The van der Waals surface area contributed by atoms with Gasteiger partial charge in [0, 0.05) is 17.3 Å². The first-order chi connectivity index (χ1) is 10.4. The first kappa shape index (κ1) is 16.8. The van der Waals surface area contributed by atoms with E-state index >= 15 is 0 Å². The second-order valence-corrected chi connectivity index (χ2v) is 6.16. The number of hydrogen-bond acceptors (Lipinski definition) is 3. The van der Waals surface area contributed by atoms with E-state index in [1.165, 1.54) is 0 Å². The van der Waals surface area contributed by atoms with E-state index in [-0.39, 0.29) is 17.7 Å². The fraction of sp³-hybridized carbons (Fsp3) is 0.500. The molecule has 22 heavy (non-hydrogen) atoms. The fourth-order valence-corrected chi connectivity index (χ4v) is 2.60. The van der Waals surface area contributed by atoms with E-state index in [4.69, 9.17) is 17.3 Å². The van der Waals surface area contributed by atoms with Gasteiger partial charge in [0.1, 0.15) is 6.04 Å². The summed E-state index contributed by atoms with van der Waals surface area (Å²) >= 11 is 5.86. The molecule has 1 aliphatic rings. The number of amides is 2. The molecule has 1 aliphatic heterocycles. The third-order valence-electron chi connectivity index (χ3n) is 4.22. The zero-order valence-corrected chi connectivity index (χ0v) is 13.6. The number of carbonyl (C=O) groups is 2. The van der Waals surface area contributed by atoms with Crippen molar-refractivity contribution in [3.63, 3.8) is 0 Å². The Balaban J connectivity index is 1.99. The van der Waals surface area contributed by atoms with Crippen LogP contribution in [0, 0.1) is 5.92 Å². The van der Waals surface area contributed by atoms with Crippen molar-refractivity contribution in [2.24, 2.45) is 11.7 Å². The van der Waals surface area contributed by atoms with Crippen LogP contribution in [0.15, 0.2) is 24.3 Å². The number of nitrogens with zero attached hydrogens (tertiary/aromatic N) is 1. The Hall–Kier alpha value is -1.59. The van der Waals surface area contributed by atoms with Gasteiger partial charge in [-0.15, -0.1) is 0 Å². The number of anilines is 1.